The van der Waals surface area contributed by atoms with Gasteiger partial charge in [0.1, 0.15) is 5.75 Å². The van der Waals surface area contributed by atoms with E-state index in [4.69, 9.17) is 10.5 Å². The number of Topliss-reactive ketones (excluding diaryl/α,β-unsaturated/α-hetero) is 1. The maximum absolute atomic E-state index is 12.0. The van der Waals surface area contributed by atoms with Crippen molar-refractivity contribution in [3.05, 3.63) is 34.9 Å². The van der Waals surface area contributed by atoms with Crippen LogP contribution < -0.4 is 15.8 Å². The molecule has 1 atom stereocenters. The number of nitrogens with one attached hydrogen (secondary N) is 1. The van der Waals surface area contributed by atoms with E-state index < -0.39 is 0 Å². The molecular weight excluding hydrogens is 360 g/mol. The fraction of sp³-hybridized carbons (Fsp3) is 0.312. The number of halogens is 1. The highest BCUT2D eigenvalue weighted by atomic mass is 79.9. The second-order valence-electron chi connectivity index (χ2n) is 5.41. The molecule has 0 aliphatic heterocycles. The maximum atomic E-state index is 12.0. The molecule has 0 spiro atoms. The molecule has 1 aromatic carbocycles. The number of nitrogens with two attached hydrogens (primary N) is 1. The van der Waals surface area contributed by atoms with Crippen molar-refractivity contribution in [1.29, 1.82) is 0 Å². The molecule has 120 valence electrons. The summed E-state index contributed by atoms with van der Waals surface area (Å²) in [5, 5.41) is 3.16. The van der Waals surface area contributed by atoms with Crippen LogP contribution in [0.4, 0.5) is 11.8 Å². The van der Waals surface area contributed by atoms with Crippen LogP contribution in [0.5, 0.6) is 11.5 Å². The lowest BCUT2D eigenvalue weighted by atomic mass is 9.94. The first-order chi connectivity index (χ1) is 11.1. The molecule has 1 saturated carbocycles. The van der Waals surface area contributed by atoms with Crippen LogP contribution in [0.3, 0.4) is 0 Å². The van der Waals surface area contributed by atoms with Crippen LogP contribution in [-0.4, -0.2) is 21.8 Å². The second kappa shape index (κ2) is 6.95. The number of ether oxygens (including phenoxy) is 1. The molecular formula is C16H17BrN4O2. The van der Waals surface area contributed by atoms with E-state index in [0.29, 0.717) is 23.7 Å². The molecule has 1 heterocycles. The highest BCUT2D eigenvalue weighted by Gasteiger charge is 2.24. The van der Waals surface area contributed by atoms with Gasteiger partial charge < -0.3 is 15.8 Å². The van der Waals surface area contributed by atoms with Gasteiger partial charge in [0.05, 0.1) is 12.2 Å². The zero-order valence-electron chi connectivity index (χ0n) is 12.5. The number of rotatable bonds is 4. The smallest absolute Gasteiger partial charge is 0.222 e. The first kappa shape index (κ1) is 15.7. The number of ketones is 1. The van der Waals surface area contributed by atoms with E-state index in [1.54, 1.807) is 0 Å². The molecule has 1 aliphatic carbocycles. The van der Waals surface area contributed by atoms with Crippen LogP contribution in [0.2, 0.25) is 0 Å². The third-order valence-electron chi connectivity index (χ3n) is 3.68. The lowest BCUT2D eigenvalue weighted by Crippen LogP contribution is -2.32. The molecule has 0 amide bonds. The molecule has 3 N–H and O–H groups in total. The predicted molar refractivity (Wildman–Crippen MR) is 91.5 cm³/mol. The molecule has 1 unspecified atom stereocenters. The Labute approximate surface area is 142 Å². The third kappa shape index (κ3) is 3.98. The van der Waals surface area contributed by atoms with E-state index in [-0.39, 0.29) is 17.8 Å². The molecule has 23 heavy (non-hydrogen) atoms. The fourth-order valence-corrected chi connectivity index (χ4v) is 2.76. The predicted octanol–water partition coefficient (Wildman–Crippen LogP) is 3.54. The molecule has 1 aliphatic rings. The molecule has 7 heteroatoms. The highest BCUT2D eigenvalue weighted by molar-refractivity contribution is 9.10. The van der Waals surface area contributed by atoms with Crippen LogP contribution in [0.25, 0.3) is 0 Å². The summed E-state index contributed by atoms with van der Waals surface area (Å²) in [7, 11) is 0. The summed E-state index contributed by atoms with van der Waals surface area (Å²) in [6, 6.07) is 7.17. The Kier molecular flexibility index (Phi) is 4.76. The molecule has 2 aromatic rings. The number of anilines is 2. The summed E-state index contributed by atoms with van der Waals surface area (Å²) in [6.45, 7) is 0. The summed E-state index contributed by atoms with van der Waals surface area (Å²) in [6.07, 6.45) is 4.87. The van der Waals surface area contributed by atoms with Crippen LogP contribution in [0.15, 0.2) is 34.9 Å². The van der Waals surface area contributed by atoms with Crippen LogP contribution in [0.1, 0.15) is 25.7 Å². The zero-order chi connectivity index (χ0) is 16.2. The SMILES string of the molecule is Nc1ncc(Oc2ccc(Br)cc2)c(NC2CCCCC2=O)n1. The van der Waals surface area contributed by atoms with Gasteiger partial charge in [-0.05, 0) is 37.1 Å². The normalized spacial score (nSPS) is 17.8. The van der Waals surface area contributed by atoms with Gasteiger partial charge in [0.2, 0.25) is 5.95 Å². The number of hydrogen-bond acceptors (Lipinski definition) is 6. The van der Waals surface area contributed by atoms with Crippen molar-refractivity contribution in [2.24, 2.45) is 0 Å². The Morgan fingerprint density at radius 3 is 2.78 bits per heavy atom. The average Bonchev–Trinajstić information content (AvgIpc) is 2.54. The Bertz CT molecular complexity index is 706. The van der Waals surface area contributed by atoms with Crippen LogP contribution >= 0.6 is 15.9 Å². The molecule has 3 rings (SSSR count). The minimum Gasteiger partial charge on any atom is -0.452 e. The zero-order valence-corrected chi connectivity index (χ0v) is 14.0. The maximum Gasteiger partial charge on any atom is 0.222 e. The van der Waals surface area contributed by atoms with Crippen molar-refractivity contribution in [3.8, 4) is 11.5 Å². The summed E-state index contributed by atoms with van der Waals surface area (Å²) in [5.74, 6) is 1.88. The number of hydrogen-bond donors (Lipinski definition) is 2. The van der Waals surface area contributed by atoms with Gasteiger partial charge in [0.15, 0.2) is 17.4 Å². The average molecular weight is 377 g/mol. The highest BCUT2D eigenvalue weighted by Crippen LogP contribution is 2.30. The lowest BCUT2D eigenvalue weighted by molar-refractivity contribution is -0.121. The van der Waals surface area contributed by atoms with Gasteiger partial charge in [0.25, 0.3) is 0 Å². The van der Waals surface area contributed by atoms with E-state index in [0.717, 1.165) is 23.7 Å². The molecule has 1 fully saturated rings. The van der Waals surface area contributed by atoms with Gasteiger partial charge in [-0.2, -0.15) is 4.98 Å². The van der Waals surface area contributed by atoms with Gasteiger partial charge in [-0.3, -0.25) is 4.79 Å². The Hall–Kier alpha value is -2.15. The summed E-state index contributed by atoms with van der Waals surface area (Å²) in [4.78, 5) is 20.2. The minimum atomic E-state index is -0.245. The van der Waals surface area contributed by atoms with Crippen molar-refractivity contribution >= 4 is 33.5 Å². The van der Waals surface area contributed by atoms with E-state index in [9.17, 15) is 4.79 Å². The standard InChI is InChI=1S/C16H17BrN4O2/c17-10-5-7-11(8-6-10)23-14-9-19-16(18)21-15(14)20-12-3-1-2-4-13(12)22/h5-9,12H,1-4H2,(H3,18,19,20,21). The first-order valence-corrected chi connectivity index (χ1v) is 8.26. The molecule has 0 bridgehead atoms. The number of nitrogen functional groups attached to an aromatic ring is 1. The monoisotopic (exact) mass is 376 g/mol. The van der Waals surface area contributed by atoms with Crippen molar-refractivity contribution < 1.29 is 9.53 Å². The molecule has 1 aromatic heterocycles. The lowest BCUT2D eigenvalue weighted by Gasteiger charge is -2.23. The van der Waals surface area contributed by atoms with E-state index in [1.165, 1.54) is 6.20 Å². The van der Waals surface area contributed by atoms with Crippen molar-refractivity contribution in [2.75, 3.05) is 11.1 Å². The number of aromatic nitrogens is 2. The van der Waals surface area contributed by atoms with Crippen LogP contribution in [-0.2, 0) is 4.79 Å². The molecule has 6 nitrogen and oxygen atoms in total. The topological polar surface area (TPSA) is 90.1 Å². The van der Waals surface area contributed by atoms with E-state index in [1.807, 2.05) is 24.3 Å². The summed E-state index contributed by atoms with van der Waals surface area (Å²) < 4.78 is 6.78. The quantitative estimate of drug-likeness (QED) is 0.847. The number of nitrogens with zero attached hydrogens (tertiary/aromatic N) is 2. The van der Waals surface area contributed by atoms with Gasteiger partial charge in [-0.1, -0.05) is 22.4 Å². The molecule has 0 radical (unpaired) electrons. The van der Waals surface area contributed by atoms with Crippen LogP contribution in [0, 0.1) is 0 Å². The van der Waals surface area contributed by atoms with Gasteiger partial charge in [0, 0.05) is 10.9 Å². The molecule has 0 saturated heterocycles. The van der Waals surface area contributed by atoms with Crippen molar-refractivity contribution in [1.82, 2.24) is 9.97 Å². The number of benzene rings is 1. The Morgan fingerprint density at radius 1 is 1.26 bits per heavy atom. The van der Waals surface area contributed by atoms with Gasteiger partial charge in [-0.15, -0.1) is 0 Å². The number of carbonyl (C=O) groups excluding carboxylic acids is 1. The number of carbonyl (C=O) groups is 1. The third-order valence-corrected chi connectivity index (χ3v) is 4.21. The van der Waals surface area contributed by atoms with Gasteiger partial charge >= 0.3 is 0 Å². The minimum absolute atomic E-state index is 0.138. The van der Waals surface area contributed by atoms with E-state index in [2.05, 4.69) is 31.2 Å². The fourth-order valence-electron chi connectivity index (χ4n) is 2.49. The first-order valence-electron chi connectivity index (χ1n) is 7.47. The van der Waals surface area contributed by atoms with Crippen molar-refractivity contribution in [3.63, 3.8) is 0 Å². The largest absolute Gasteiger partial charge is 0.452 e. The Morgan fingerprint density at radius 2 is 2.04 bits per heavy atom. The summed E-state index contributed by atoms with van der Waals surface area (Å²) >= 11 is 3.38. The Balaban J connectivity index is 1.82. The van der Waals surface area contributed by atoms with Crippen molar-refractivity contribution in [2.45, 2.75) is 31.7 Å². The van der Waals surface area contributed by atoms with E-state index >= 15 is 0 Å². The summed E-state index contributed by atoms with van der Waals surface area (Å²) in [5.41, 5.74) is 5.67. The van der Waals surface area contributed by atoms with Gasteiger partial charge in [-0.25, -0.2) is 4.98 Å². The second-order valence-corrected chi connectivity index (χ2v) is 6.32.